The van der Waals surface area contributed by atoms with Crippen molar-refractivity contribution in [3.05, 3.63) is 65.2 Å². The van der Waals surface area contributed by atoms with Crippen molar-refractivity contribution in [2.45, 2.75) is 31.7 Å². The average Bonchev–Trinajstić information content (AvgIpc) is 2.72. The van der Waals surface area contributed by atoms with Crippen LogP contribution in [0.5, 0.6) is 5.75 Å². The first kappa shape index (κ1) is 20.2. The van der Waals surface area contributed by atoms with Gasteiger partial charge in [0.2, 0.25) is 5.91 Å². The molecule has 1 aliphatic rings. The van der Waals surface area contributed by atoms with Gasteiger partial charge in [0.15, 0.2) is 0 Å². The molecular weight excluding hydrogens is 376 g/mol. The topological polar surface area (TPSA) is 58.6 Å². The van der Waals surface area contributed by atoms with Gasteiger partial charge in [-0.15, -0.1) is 0 Å². The number of nitrogens with one attached hydrogen (secondary N) is 1. The van der Waals surface area contributed by atoms with Crippen LogP contribution in [0.25, 0.3) is 0 Å². The number of para-hydroxylation sites is 1. The molecule has 0 bridgehead atoms. The van der Waals surface area contributed by atoms with Crippen molar-refractivity contribution in [2.75, 3.05) is 19.7 Å². The summed E-state index contributed by atoms with van der Waals surface area (Å²) in [4.78, 5) is 26.6. The molecule has 0 aliphatic carbocycles. The summed E-state index contributed by atoms with van der Waals surface area (Å²) in [6.45, 7) is 1.85. The summed E-state index contributed by atoms with van der Waals surface area (Å²) < 4.78 is 5.63. The SMILES string of the molecule is O=C(NC1CCN(C(=O)CCCOc2ccccc2)CC1)c1ccccc1Cl. The maximum Gasteiger partial charge on any atom is 0.253 e. The van der Waals surface area contributed by atoms with Crippen molar-refractivity contribution in [3.63, 3.8) is 0 Å². The maximum atomic E-state index is 12.4. The van der Waals surface area contributed by atoms with E-state index in [9.17, 15) is 9.59 Å². The van der Waals surface area contributed by atoms with Gasteiger partial charge < -0.3 is 15.0 Å². The molecule has 1 heterocycles. The molecular formula is C22H25ClN2O3. The number of carbonyl (C=O) groups excluding carboxylic acids is 2. The Labute approximate surface area is 170 Å². The number of likely N-dealkylation sites (tertiary alicyclic amines) is 1. The van der Waals surface area contributed by atoms with Gasteiger partial charge in [-0.1, -0.05) is 41.9 Å². The predicted octanol–water partition coefficient (Wildman–Crippen LogP) is 3.92. The van der Waals surface area contributed by atoms with Gasteiger partial charge in [0.25, 0.3) is 5.91 Å². The van der Waals surface area contributed by atoms with Crippen molar-refractivity contribution < 1.29 is 14.3 Å². The minimum absolute atomic E-state index is 0.0641. The molecule has 0 unspecified atom stereocenters. The van der Waals surface area contributed by atoms with Crippen LogP contribution >= 0.6 is 11.6 Å². The summed E-state index contributed by atoms with van der Waals surface area (Å²) in [6.07, 6.45) is 2.67. The fourth-order valence-corrected chi connectivity index (χ4v) is 3.49. The Balaban J connectivity index is 1.36. The first-order chi connectivity index (χ1) is 13.6. The van der Waals surface area contributed by atoms with Gasteiger partial charge in [0, 0.05) is 25.6 Å². The number of nitrogens with zero attached hydrogens (tertiary/aromatic N) is 1. The lowest BCUT2D eigenvalue weighted by atomic mass is 10.0. The van der Waals surface area contributed by atoms with E-state index in [0.717, 1.165) is 18.6 Å². The van der Waals surface area contributed by atoms with E-state index in [1.54, 1.807) is 24.3 Å². The quantitative estimate of drug-likeness (QED) is 0.716. The van der Waals surface area contributed by atoms with E-state index in [1.807, 2.05) is 35.2 Å². The summed E-state index contributed by atoms with van der Waals surface area (Å²) in [7, 11) is 0. The molecule has 2 aromatic carbocycles. The molecule has 5 nitrogen and oxygen atoms in total. The van der Waals surface area contributed by atoms with Crippen LogP contribution in [0.4, 0.5) is 0 Å². The molecule has 1 saturated heterocycles. The van der Waals surface area contributed by atoms with Gasteiger partial charge >= 0.3 is 0 Å². The van der Waals surface area contributed by atoms with Crippen LogP contribution in [0.3, 0.4) is 0 Å². The number of carbonyl (C=O) groups is 2. The standard InChI is InChI=1S/C22H25ClN2O3/c23-20-10-5-4-9-19(20)22(27)24-17-12-14-25(15-13-17)21(26)11-6-16-28-18-7-2-1-3-8-18/h1-5,7-10,17H,6,11-16H2,(H,24,27). The number of hydrogen-bond acceptors (Lipinski definition) is 3. The molecule has 0 saturated carbocycles. The number of rotatable bonds is 7. The Morgan fingerprint density at radius 2 is 1.71 bits per heavy atom. The van der Waals surface area contributed by atoms with E-state index < -0.39 is 0 Å². The van der Waals surface area contributed by atoms with E-state index >= 15 is 0 Å². The fraction of sp³-hybridized carbons (Fsp3) is 0.364. The van der Waals surface area contributed by atoms with Crippen molar-refractivity contribution in [1.29, 1.82) is 0 Å². The van der Waals surface area contributed by atoms with Gasteiger partial charge in [-0.2, -0.15) is 0 Å². The van der Waals surface area contributed by atoms with Gasteiger partial charge in [0.05, 0.1) is 17.2 Å². The van der Waals surface area contributed by atoms with Crippen LogP contribution in [0, 0.1) is 0 Å². The molecule has 3 rings (SSSR count). The molecule has 28 heavy (non-hydrogen) atoms. The average molecular weight is 401 g/mol. The molecule has 0 radical (unpaired) electrons. The molecule has 1 aliphatic heterocycles. The van der Waals surface area contributed by atoms with Crippen LogP contribution in [0.15, 0.2) is 54.6 Å². The third-order valence-corrected chi connectivity index (χ3v) is 5.18. The zero-order valence-corrected chi connectivity index (χ0v) is 16.5. The molecule has 6 heteroatoms. The molecule has 1 N–H and O–H groups in total. The fourth-order valence-electron chi connectivity index (χ4n) is 3.27. The highest BCUT2D eigenvalue weighted by molar-refractivity contribution is 6.33. The second kappa shape index (κ2) is 10.1. The van der Waals surface area contributed by atoms with E-state index in [-0.39, 0.29) is 17.9 Å². The highest BCUT2D eigenvalue weighted by atomic mass is 35.5. The van der Waals surface area contributed by atoms with Gasteiger partial charge in [-0.25, -0.2) is 0 Å². The first-order valence-electron chi connectivity index (χ1n) is 9.64. The molecule has 2 amide bonds. The molecule has 2 aromatic rings. The van der Waals surface area contributed by atoms with Crippen LogP contribution in [-0.4, -0.2) is 42.5 Å². The smallest absolute Gasteiger partial charge is 0.253 e. The minimum atomic E-state index is -0.159. The van der Waals surface area contributed by atoms with E-state index in [0.29, 0.717) is 43.1 Å². The monoisotopic (exact) mass is 400 g/mol. The zero-order valence-electron chi connectivity index (χ0n) is 15.8. The Morgan fingerprint density at radius 3 is 2.43 bits per heavy atom. The second-order valence-electron chi connectivity index (χ2n) is 6.87. The van der Waals surface area contributed by atoms with Crippen LogP contribution in [0.2, 0.25) is 5.02 Å². The lowest BCUT2D eigenvalue weighted by Crippen LogP contribution is -2.46. The molecule has 0 atom stereocenters. The number of benzene rings is 2. The number of hydrogen-bond donors (Lipinski definition) is 1. The van der Waals surface area contributed by atoms with Gasteiger partial charge in [-0.05, 0) is 43.5 Å². The third-order valence-electron chi connectivity index (χ3n) is 4.85. The van der Waals surface area contributed by atoms with Crippen molar-refractivity contribution in [3.8, 4) is 5.75 Å². The van der Waals surface area contributed by atoms with Crippen LogP contribution < -0.4 is 10.1 Å². The second-order valence-corrected chi connectivity index (χ2v) is 7.28. The zero-order chi connectivity index (χ0) is 19.8. The highest BCUT2D eigenvalue weighted by Gasteiger charge is 2.24. The van der Waals surface area contributed by atoms with Crippen LogP contribution in [-0.2, 0) is 4.79 Å². The summed E-state index contributed by atoms with van der Waals surface area (Å²) in [6, 6.07) is 16.7. The van der Waals surface area contributed by atoms with Crippen LogP contribution in [0.1, 0.15) is 36.0 Å². The minimum Gasteiger partial charge on any atom is -0.494 e. The molecule has 1 fully saturated rings. The maximum absolute atomic E-state index is 12.4. The van der Waals surface area contributed by atoms with Crippen molar-refractivity contribution in [2.24, 2.45) is 0 Å². The van der Waals surface area contributed by atoms with E-state index in [1.165, 1.54) is 0 Å². The number of ether oxygens (including phenoxy) is 1. The molecule has 148 valence electrons. The lowest BCUT2D eigenvalue weighted by Gasteiger charge is -2.32. The Bertz CT molecular complexity index is 789. The summed E-state index contributed by atoms with van der Waals surface area (Å²) >= 11 is 6.08. The van der Waals surface area contributed by atoms with Gasteiger partial charge in [-0.3, -0.25) is 9.59 Å². The van der Waals surface area contributed by atoms with Gasteiger partial charge in [0.1, 0.15) is 5.75 Å². The lowest BCUT2D eigenvalue weighted by molar-refractivity contribution is -0.132. The van der Waals surface area contributed by atoms with Crippen molar-refractivity contribution in [1.82, 2.24) is 10.2 Å². The predicted molar refractivity (Wildman–Crippen MR) is 110 cm³/mol. The Morgan fingerprint density at radius 1 is 1.04 bits per heavy atom. The summed E-state index contributed by atoms with van der Waals surface area (Å²) in [5.41, 5.74) is 0.487. The Kier molecular flexibility index (Phi) is 7.31. The normalized spacial score (nSPS) is 14.5. The number of halogens is 1. The highest BCUT2D eigenvalue weighted by Crippen LogP contribution is 2.17. The van der Waals surface area contributed by atoms with Crippen molar-refractivity contribution >= 4 is 23.4 Å². The van der Waals surface area contributed by atoms with E-state index in [2.05, 4.69) is 5.32 Å². The van der Waals surface area contributed by atoms with E-state index in [4.69, 9.17) is 16.3 Å². The largest absolute Gasteiger partial charge is 0.494 e. The molecule has 0 spiro atoms. The number of amides is 2. The number of piperidine rings is 1. The summed E-state index contributed by atoms with van der Waals surface area (Å²) in [5, 5.41) is 3.47. The molecule has 0 aromatic heterocycles. The first-order valence-corrected chi connectivity index (χ1v) is 10.0. The Hall–Kier alpha value is -2.53. The third kappa shape index (κ3) is 5.73. The summed E-state index contributed by atoms with van der Waals surface area (Å²) in [5.74, 6) is 0.811.